The number of carbonyl (C=O) groups excluding carboxylic acids is 2. The fourth-order valence-corrected chi connectivity index (χ4v) is 2.35. The van der Waals surface area contributed by atoms with Crippen LogP contribution in [-0.2, 0) is 14.3 Å². The molecule has 0 unspecified atom stereocenters. The van der Waals surface area contributed by atoms with Crippen LogP contribution in [-0.4, -0.2) is 31.7 Å². The minimum Gasteiger partial charge on any atom is -0.495 e. The fraction of sp³-hybridized carbons (Fsp3) is 0.238. The molecule has 0 aliphatic carbocycles. The van der Waals surface area contributed by atoms with Crippen LogP contribution in [0.3, 0.4) is 0 Å². The third kappa shape index (κ3) is 6.91. The molecule has 2 rings (SSSR count). The molecule has 1 N–H and O–H groups in total. The fourth-order valence-electron chi connectivity index (χ4n) is 2.35. The van der Waals surface area contributed by atoms with E-state index in [0.29, 0.717) is 17.0 Å². The monoisotopic (exact) mass is 405 g/mol. The molecule has 2 aromatic rings. The van der Waals surface area contributed by atoms with E-state index in [0.717, 1.165) is 11.6 Å². The molecule has 0 saturated heterocycles. The molecule has 0 aliphatic heterocycles. The number of esters is 1. The number of halogens is 2. The number of ether oxygens (including phenoxy) is 3. The number of methoxy groups -OCH3 is 1. The van der Waals surface area contributed by atoms with Gasteiger partial charge in [0.25, 0.3) is 5.91 Å². The highest BCUT2D eigenvalue weighted by Crippen LogP contribution is 2.25. The molecule has 154 valence electrons. The first kappa shape index (κ1) is 21.9. The minimum absolute atomic E-state index is 0.0107. The maximum Gasteiger partial charge on any atom is 0.387 e. The Labute approximate surface area is 167 Å². The van der Waals surface area contributed by atoms with E-state index in [4.69, 9.17) is 9.47 Å². The van der Waals surface area contributed by atoms with Gasteiger partial charge in [-0.1, -0.05) is 18.2 Å². The van der Waals surface area contributed by atoms with E-state index in [9.17, 15) is 18.4 Å². The Hall–Kier alpha value is -3.42. The summed E-state index contributed by atoms with van der Waals surface area (Å²) >= 11 is 0. The van der Waals surface area contributed by atoms with Gasteiger partial charge in [0, 0.05) is 6.08 Å². The number of rotatable bonds is 8. The lowest BCUT2D eigenvalue weighted by Gasteiger charge is -2.15. The number of hydrogen-bond acceptors (Lipinski definition) is 5. The van der Waals surface area contributed by atoms with Crippen LogP contribution < -0.4 is 14.8 Å². The van der Waals surface area contributed by atoms with Gasteiger partial charge in [0.05, 0.1) is 12.8 Å². The first-order chi connectivity index (χ1) is 13.8. The number of benzene rings is 2. The van der Waals surface area contributed by atoms with E-state index in [1.807, 2.05) is 13.0 Å². The maximum atomic E-state index is 12.3. The molecule has 0 spiro atoms. The first-order valence-corrected chi connectivity index (χ1v) is 8.67. The van der Waals surface area contributed by atoms with E-state index in [2.05, 4.69) is 10.1 Å². The van der Waals surface area contributed by atoms with Gasteiger partial charge >= 0.3 is 12.6 Å². The van der Waals surface area contributed by atoms with Gasteiger partial charge in [0.2, 0.25) is 0 Å². The normalized spacial score (nSPS) is 11.9. The van der Waals surface area contributed by atoms with Crippen LogP contribution in [0.4, 0.5) is 14.5 Å². The van der Waals surface area contributed by atoms with Gasteiger partial charge in [-0.25, -0.2) is 4.79 Å². The molecule has 8 heteroatoms. The van der Waals surface area contributed by atoms with Crippen molar-refractivity contribution in [2.45, 2.75) is 26.6 Å². The van der Waals surface area contributed by atoms with Crippen LogP contribution in [0, 0.1) is 6.92 Å². The topological polar surface area (TPSA) is 73.9 Å². The molecule has 0 fully saturated rings. The lowest BCUT2D eigenvalue weighted by molar-refractivity contribution is -0.148. The Morgan fingerprint density at radius 3 is 2.41 bits per heavy atom. The summed E-state index contributed by atoms with van der Waals surface area (Å²) in [6.45, 7) is 0.411. The zero-order valence-electron chi connectivity index (χ0n) is 16.1. The lowest BCUT2D eigenvalue weighted by atomic mass is 10.2. The summed E-state index contributed by atoms with van der Waals surface area (Å²) in [6, 6.07) is 11.0. The standard InChI is InChI=1S/C21H21F2NO5/c1-13-4-10-18(27-3)17(12-13)24-20(26)14(2)28-19(25)11-7-15-5-8-16(9-6-15)29-21(22)23/h4-12,14,21H,1-3H3,(H,24,26)/b11-7+/t14-/m0/s1. The van der Waals surface area contributed by atoms with Crippen LogP contribution >= 0.6 is 0 Å². The van der Waals surface area contributed by atoms with Crippen LogP contribution in [0.5, 0.6) is 11.5 Å². The van der Waals surface area contributed by atoms with Crippen molar-refractivity contribution in [3.8, 4) is 11.5 Å². The average molecular weight is 405 g/mol. The second-order valence-electron chi connectivity index (χ2n) is 6.05. The summed E-state index contributed by atoms with van der Waals surface area (Å²) < 4.78 is 38.8. The van der Waals surface area contributed by atoms with Crippen molar-refractivity contribution in [1.82, 2.24) is 0 Å². The summed E-state index contributed by atoms with van der Waals surface area (Å²) in [5, 5.41) is 2.66. The number of anilines is 1. The molecule has 0 radical (unpaired) electrons. The second kappa shape index (κ2) is 10.2. The van der Waals surface area contributed by atoms with Crippen molar-refractivity contribution in [2.75, 3.05) is 12.4 Å². The highest BCUT2D eigenvalue weighted by molar-refractivity contribution is 5.97. The van der Waals surface area contributed by atoms with Gasteiger partial charge in [-0.15, -0.1) is 0 Å². The van der Waals surface area contributed by atoms with Gasteiger partial charge < -0.3 is 19.5 Å². The Balaban J connectivity index is 1.92. The van der Waals surface area contributed by atoms with Gasteiger partial charge in [-0.2, -0.15) is 8.78 Å². The number of carbonyl (C=O) groups is 2. The third-order valence-electron chi connectivity index (χ3n) is 3.79. The largest absolute Gasteiger partial charge is 0.495 e. The predicted molar refractivity (Wildman–Crippen MR) is 104 cm³/mol. The SMILES string of the molecule is COc1ccc(C)cc1NC(=O)[C@H](C)OC(=O)/C=C/c1ccc(OC(F)F)cc1. The van der Waals surface area contributed by atoms with Crippen LogP contribution in [0.2, 0.25) is 0 Å². The zero-order valence-corrected chi connectivity index (χ0v) is 16.1. The van der Waals surface area contributed by atoms with E-state index in [-0.39, 0.29) is 5.75 Å². The Bertz CT molecular complexity index is 881. The molecule has 0 heterocycles. The quantitative estimate of drug-likeness (QED) is 0.527. The van der Waals surface area contributed by atoms with Crippen LogP contribution in [0.15, 0.2) is 48.5 Å². The number of amides is 1. The van der Waals surface area contributed by atoms with Crippen LogP contribution in [0.1, 0.15) is 18.1 Å². The number of aryl methyl sites for hydroxylation is 1. The van der Waals surface area contributed by atoms with Crippen molar-refractivity contribution < 1.29 is 32.6 Å². The molecule has 1 amide bonds. The van der Waals surface area contributed by atoms with Crippen LogP contribution in [0.25, 0.3) is 6.08 Å². The van der Waals surface area contributed by atoms with Crippen molar-refractivity contribution in [1.29, 1.82) is 0 Å². The van der Waals surface area contributed by atoms with Gasteiger partial charge in [-0.05, 0) is 55.3 Å². The van der Waals surface area contributed by atoms with E-state index in [1.54, 1.807) is 12.1 Å². The smallest absolute Gasteiger partial charge is 0.387 e. The highest BCUT2D eigenvalue weighted by Gasteiger charge is 2.18. The Morgan fingerprint density at radius 1 is 1.10 bits per heavy atom. The molecule has 2 aromatic carbocycles. The van der Waals surface area contributed by atoms with Crippen molar-refractivity contribution in [3.63, 3.8) is 0 Å². The second-order valence-corrected chi connectivity index (χ2v) is 6.05. The molecule has 0 aromatic heterocycles. The molecule has 0 bridgehead atoms. The number of nitrogens with one attached hydrogen (secondary N) is 1. The number of hydrogen-bond donors (Lipinski definition) is 1. The van der Waals surface area contributed by atoms with E-state index in [1.165, 1.54) is 44.4 Å². The minimum atomic E-state index is -2.90. The van der Waals surface area contributed by atoms with Gasteiger partial charge in [0.1, 0.15) is 11.5 Å². The average Bonchev–Trinajstić information content (AvgIpc) is 2.67. The molecule has 29 heavy (non-hydrogen) atoms. The molecular formula is C21H21F2NO5. The van der Waals surface area contributed by atoms with Gasteiger partial charge in [0.15, 0.2) is 6.10 Å². The summed E-state index contributed by atoms with van der Waals surface area (Å²) in [4.78, 5) is 24.2. The Morgan fingerprint density at radius 2 is 1.79 bits per heavy atom. The lowest BCUT2D eigenvalue weighted by Crippen LogP contribution is -2.29. The highest BCUT2D eigenvalue weighted by atomic mass is 19.3. The first-order valence-electron chi connectivity index (χ1n) is 8.67. The van der Waals surface area contributed by atoms with Crippen molar-refractivity contribution in [3.05, 3.63) is 59.7 Å². The summed E-state index contributed by atoms with van der Waals surface area (Å²) in [7, 11) is 1.49. The summed E-state index contributed by atoms with van der Waals surface area (Å²) in [5.41, 5.74) is 1.98. The molecule has 6 nitrogen and oxygen atoms in total. The number of alkyl halides is 2. The Kier molecular flexibility index (Phi) is 7.70. The molecule has 0 aliphatic rings. The molecular weight excluding hydrogens is 384 g/mol. The maximum absolute atomic E-state index is 12.3. The van der Waals surface area contributed by atoms with Crippen molar-refractivity contribution in [2.24, 2.45) is 0 Å². The third-order valence-corrected chi connectivity index (χ3v) is 3.79. The summed E-state index contributed by atoms with van der Waals surface area (Å²) in [6.07, 6.45) is 1.53. The zero-order chi connectivity index (χ0) is 21.4. The van der Waals surface area contributed by atoms with E-state index < -0.39 is 24.6 Å². The van der Waals surface area contributed by atoms with E-state index >= 15 is 0 Å². The van der Waals surface area contributed by atoms with Crippen molar-refractivity contribution >= 4 is 23.6 Å². The van der Waals surface area contributed by atoms with Gasteiger partial charge in [-0.3, -0.25) is 4.79 Å². The summed E-state index contributed by atoms with van der Waals surface area (Å²) in [5.74, 6) is -0.737. The molecule has 0 saturated carbocycles. The molecule has 1 atom stereocenters. The predicted octanol–water partition coefficient (Wildman–Crippen LogP) is 4.19.